The molecule has 9 N–H and O–H groups in total. The third-order valence-electron chi connectivity index (χ3n) is 6.33. The van der Waals surface area contributed by atoms with E-state index in [1.54, 1.807) is 0 Å². The summed E-state index contributed by atoms with van der Waals surface area (Å²) in [5.41, 5.74) is 14.8. The Hall–Kier alpha value is -5.14. The van der Waals surface area contributed by atoms with Crippen LogP contribution in [-0.4, -0.2) is 77.8 Å². The van der Waals surface area contributed by atoms with E-state index in [9.17, 15) is 24.0 Å². The van der Waals surface area contributed by atoms with Gasteiger partial charge < -0.3 is 42.4 Å². The van der Waals surface area contributed by atoms with E-state index >= 15 is 0 Å². The number of amides is 3. The van der Waals surface area contributed by atoms with Gasteiger partial charge in [-0.3, -0.25) is 19.4 Å². The summed E-state index contributed by atoms with van der Waals surface area (Å²) in [5.74, 6) is -4.96. The second kappa shape index (κ2) is 14.3. The van der Waals surface area contributed by atoms with E-state index < -0.39 is 54.9 Å². The number of nitrogens with two attached hydrogens (primary N) is 2. The zero-order valence-electron chi connectivity index (χ0n) is 22.0. The van der Waals surface area contributed by atoms with Crippen LogP contribution in [0.4, 0.5) is 4.79 Å². The molecule has 0 fully saturated rings. The maximum absolute atomic E-state index is 12.8. The minimum atomic E-state index is -1.67. The number of hydrogen-bond acceptors (Lipinski definition) is 7. The molecule has 3 rings (SSSR count). The van der Waals surface area contributed by atoms with Crippen molar-refractivity contribution in [3.05, 3.63) is 59.7 Å². The molecule has 0 heterocycles. The topological polar surface area (TPSA) is 236 Å². The first kappa shape index (κ1) is 30.4. The molecule has 1 aliphatic carbocycles. The van der Waals surface area contributed by atoms with E-state index in [4.69, 9.17) is 26.4 Å². The maximum Gasteiger partial charge on any atom is 0.407 e. The van der Waals surface area contributed by atoms with Crippen LogP contribution in [0, 0.1) is 0 Å². The molecule has 2 aromatic rings. The van der Waals surface area contributed by atoms with Crippen molar-refractivity contribution in [2.75, 3.05) is 19.7 Å². The van der Waals surface area contributed by atoms with Gasteiger partial charge in [0.2, 0.25) is 11.8 Å². The third kappa shape index (κ3) is 8.68. The molecule has 0 aromatic heterocycles. The number of carbonyl (C=O) groups excluding carboxylic acids is 3. The van der Waals surface area contributed by atoms with Crippen molar-refractivity contribution in [1.82, 2.24) is 16.0 Å². The van der Waals surface area contributed by atoms with Gasteiger partial charge in [-0.25, -0.2) is 9.59 Å². The highest BCUT2D eigenvalue weighted by atomic mass is 16.5. The van der Waals surface area contributed by atoms with Crippen LogP contribution in [0.5, 0.6) is 0 Å². The molecule has 0 unspecified atom stereocenters. The molecule has 218 valence electrons. The van der Waals surface area contributed by atoms with Crippen LogP contribution < -0.4 is 27.4 Å². The Balaban J connectivity index is 1.61. The van der Waals surface area contributed by atoms with Crippen LogP contribution in [-0.2, 0) is 23.9 Å². The van der Waals surface area contributed by atoms with Crippen LogP contribution in [0.3, 0.4) is 0 Å². The maximum atomic E-state index is 12.8. The van der Waals surface area contributed by atoms with Gasteiger partial charge >= 0.3 is 18.0 Å². The van der Waals surface area contributed by atoms with Gasteiger partial charge in [-0.15, -0.1) is 0 Å². The number of carbonyl (C=O) groups is 5. The van der Waals surface area contributed by atoms with Gasteiger partial charge in [0.1, 0.15) is 18.7 Å². The average molecular weight is 569 g/mol. The summed E-state index contributed by atoms with van der Waals surface area (Å²) in [5, 5.41) is 24.7. The minimum absolute atomic E-state index is 0.0186. The van der Waals surface area contributed by atoms with E-state index in [2.05, 4.69) is 15.6 Å². The van der Waals surface area contributed by atoms with Crippen molar-refractivity contribution in [1.29, 1.82) is 0 Å². The molecule has 14 heteroatoms. The Morgan fingerprint density at radius 1 is 0.902 bits per heavy atom. The monoisotopic (exact) mass is 568 g/mol. The van der Waals surface area contributed by atoms with Crippen molar-refractivity contribution in [2.24, 2.45) is 16.5 Å². The van der Waals surface area contributed by atoms with Crippen LogP contribution in [0.2, 0.25) is 0 Å². The molecule has 0 spiro atoms. The molecule has 14 nitrogen and oxygen atoms in total. The Kier molecular flexibility index (Phi) is 10.6. The van der Waals surface area contributed by atoms with Gasteiger partial charge in [0.25, 0.3) is 0 Å². The first-order valence-electron chi connectivity index (χ1n) is 12.7. The number of hydrogen-bond donors (Lipinski definition) is 7. The number of alkyl carbamates (subject to hydrolysis) is 1. The van der Waals surface area contributed by atoms with Gasteiger partial charge in [-0.1, -0.05) is 48.5 Å². The van der Waals surface area contributed by atoms with E-state index in [0.717, 1.165) is 22.3 Å². The lowest BCUT2D eigenvalue weighted by atomic mass is 9.98. The summed E-state index contributed by atoms with van der Waals surface area (Å²) >= 11 is 0. The van der Waals surface area contributed by atoms with Crippen molar-refractivity contribution in [2.45, 2.75) is 37.3 Å². The fraction of sp³-hybridized carbons (Fsp3) is 0.333. The van der Waals surface area contributed by atoms with Crippen LogP contribution in [0.15, 0.2) is 53.5 Å². The van der Waals surface area contributed by atoms with Crippen LogP contribution >= 0.6 is 0 Å². The second-order valence-corrected chi connectivity index (χ2v) is 9.25. The predicted molar refractivity (Wildman–Crippen MR) is 147 cm³/mol. The summed E-state index contributed by atoms with van der Waals surface area (Å²) < 4.78 is 5.51. The SMILES string of the molecule is NC(N)=NCCC[C@H](NC(=O)OCC1c2ccccc2-c2ccccc21)C(=O)NCC(=O)N[C@@H](CC(=O)O)C(=O)O. The number of carboxylic acid groups (broad SMARTS) is 2. The van der Waals surface area contributed by atoms with Gasteiger partial charge in [-0.2, -0.15) is 0 Å². The molecular weight excluding hydrogens is 536 g/mol. The number of rotatable bonds is 14. The molecule has 0 saturated carbocycles. The third-order valence-corrected chi connectivity index (χ3v) is 6.33. The molecule has 2 atom stereocenters. The second-order valence-electron chi connectivity index (χ2n) is 9.25. The number of benzene rings is 2. The smallest absolute Gasteiger partial charge is 0.407 e. The summed E-state index contributed by atoms with van der Waals surface area (Å²) in [7, 11) is 0. The molecule has 41 heavy (non-hydrogen) atoms. The molecule has 0 radical (unpaired) electrons. The highest BCUT2D eigenvalue weighted by Gasteiger charge is 2.30. The number of nitrogens with zero attached hydrogens (tertiary/aromatic N) is 1. The normalized spacial score (nSPS) is 13.1. The van der Waals surface area contributed by atoms with Crippen molar-refractivity contribution in [3.8, 4) is 11.1 Å². The molecule has 0 aliphatic heterocycles. The number of carboxylic acids is 2. The van der Waals surface area contributed by atoms with E-state index in [-0.39, 0.29) is 31.4 Å². The fourth-order valence-electron chi connectivity index (χ4n) is 4.47. The Morgan fingerprint density at radius 3 is 2.07 bits per heavy atom. The fourth-order valence-corrected chi connectivity index (χ4v) is 4.47. The Labute approximate surface area is 235 Å². The Bertz CT molecular complexity index is 1280. The first-order chi connectivity index (χ1) is 19.6. The standard InChI is InChI=1S/C27H32N6O8/c28-26(29)30-11-5-10-20(24(37)31-13-22(34)32-21(25(38)39)12-23(35)36)33-27(40)41-14-19-17-8-3-1-6-15(17)16-7-2-4-9-18(16)19/h1-4,6-9,19-21H,5,10-14H2,(H,31,37)(H,32,34)(H,33,40)(H,35,36)(H,38,39)(H4,28,29,30)/t20-,21-/m0/s1. The number of aliphatic imine (C=N–C) groups is 1. The van der Waals surface area contributed by atoms with E-state index in [1.165, 1.54) is 0 Å². The lowest BCUT2D eigenvalue weighted by Crippen LogP contribution is -2.51. The first-order valence-corrected chi connectivity index (χ1v) is 12.7. The summed E-state index contributed by atoms with van der Waals surface area (Å²) in [4.78, 5) is 63.6. The van der Waals surface area contributed by atoms with Gasteiger partial charge in [0.15, 0.2) is 5.96 Å². The molecule has 1 aliphatic rings. The highest BCUT2D eigenvalue weighted by molar-refractivity contribution is 5.91. The largest absolute Gasteiger partial charge is 0.481 e. The summed E-state index contributed by atoms with van der Waals surface area (Å²) in [6, 6.07) is 12.8. The average Bonchev–Trinajstić information content (AvgIpc) is 3.25. The van der Waals surface area contributed by atoms with Gasteiger partial charge in [0.05, 0.1) is 13.0 Å². The van der Waals surface area contributed by atoms with Crippen molar-refractivity contribution in [3.63, 3.8) is 0 Å². The summed E-state index contributed by atoms with van der Waals surface area (Å²) in [6.45, 7) is -0.460. The number of nitrogens with one attached hydrogen (secondary N) is 3. The lowest BCUT2D eigenvalue weighted by molar-refractivity contribution is -0.147. The number of ether oxygens (including phenoxy) is 1. The lowest BCUT2D eigenvalue weighted by Gasteiger charge is -2.20. The zero-order valence-corrected chi connectivity index (χ0v) is 22.0. The predicted octanol–water partition coefficient (Wildman–Crippen LogP) is 0.108. The van der Waals surface area contributed by atoms with Crippen LogP contribution in [0.25, 0.3) is 11.1 Å². The molecule has 0 saturated heterocycles. The molecule has 0 bridgehead atoms. The number of fused-ring (bicyclic) bond motifs is 3. The summed E-state index contributed by atoms with van der Waals surface area (Å²) in [6.07, 6.45) is -1.31. The molecule has 3 amide bonds. The molecular formula is C27H32N6O8. The number of guanidine groups is 1. The highest BCUT2D eigenvalue weighted by Crippen LogP contribution is 2.44. The Morgan fingerprint density at radius 2 is 1.51 bits per heavy atom. The van der Waals surface area contributed by atoms with Gasteiger partial charge in [-0.05, 0) is 35.1 Å². The van der Waals surface area contributed by atoms with E-state index in [0.29, 0.717) is 6.42 Å². The zero-order chi connectivity index (χ0) is 29.9. The van der Waals surface area contributed by atoms with Gasteiger partial charge in [0, 0.05) is 12.5 Å². The van der Waals surface area contributed by atoms with Crippen LogP contribution in [0.1, 0.15) is 36.3 Å². The van der Waals surface area contributed by atoms with Crippen molar-refractivity contribution >= 4 is 35.8 Å². The molecule has 2 aromatic carbocycles. The number of aliphatic carboxylic acids is 2. The quantitative estimate of drug-likeness (QED) is 0.0922. The minimum Gasteiger partial charge on any atom is -0.481 e. The van der Waals surface area contributed by atoms with Crippen molar-refractivity contribution < 1.29 is 38.9 Å². The van der Waals surface area contributed by atoms with E-state index in [1.807, 2.05) is 53.8 Å².